The van der Waals surface area contributed by atoms with Crippen molar-refractivity contribution in [3.8, 4) is 0 Å². The fourth-order valence-corrected chi connectivity index (χ4v) is 3.08. The predicted molar refractivity (Wildman–Crippen MR) is 80.7 cm³/mol. The van der Waals surface area contributed by atoms with E-state index in [9.17, 15) is 0 Å². The molecule has 2 fully saturated rings. The quantitative estimate of drug-likeness (QED) is 0.634. The molecule has 5 heteroatoms. The molecule has 1 aliphatic carbocycles. The summed E-state index contributed by atoms with van der Waals surface area (Å²) in [5, 5.41) is 0. The average molecular weight is 283 g/mol. The Morgan fingerprint density at radius 3 is 2.45 bits per heavy atom. The fraction of sp³-hybridized carbons (Fsp3) is 0.933. The van der Waals surface area contributed by atoms with Gasteiger partial charge in [0.05, 0.1) is 13.2 Å². The largest absolute Gasteiger partial charge is 0.370 e. The first kappa shape index (κ1) is 15.6. The summed E-state index contributed by atoms with van der Waals surface area (Å²) in [5.74, 6) is 0.293. The summed E-state index contributed by atoms with van der Waals surface area (Å²) in [6, 6.07) is 0. The van der Waals surface area contributed by atoms with Crippen molar-refractivity contribution >= 4 is 5.96 Å². The van der Waals surface area contributed by atoms with Gasteiger partial charge in [0.2, 0.25) is 0 Å². The SMILES string of the molecule is CCN(CC)C(N)=NCC1COC2(CCCCCC2)O1. The number of guanidine groups is 1. The Morgan fingerprint density at radius 2 is 1.85 bits per heavy atom. The van der Waals surface area contributed by atoms with Crippen LogP contribution in [0.15, 0.2) is 4.99 Å². The number of aliphatic imine (C=N–C) groups is 1. The molecule has 2 N–H and O–H groups in total. The van der Waals surface area contributed by atoms with E-state index in [1.807, 2.05) is 0 Å². The molecule has 0 amide bonds. The Morgan fingerprint density at radius 1 is 1.20 bits per heavy atom. The first-order valence-corrected chi connectivity index (χ1v) is 8.06. The van der Waals surface area contributed by atoms with Crippen molar-refractivity contribution in [2.45, 2.75) is 64.3 Å². The lowest BCUT2D eigenvalue weighted by molar-refractivity contribution is -0.174. The molecule has 1 spiro atoms. The highest BCUT2D eigenvalue weighted by Gasteiger charge is 2.41. The molecule has 0 aromatic carbocycles. The van der Waals surface area contributed by atoms with E-state index in [-0.39, 0.29) is 11.9 Å². The molecule has 1 heterocycles. The molecule has 1 saturated carbocycles. The van der Waals surface area contributed by atoms with Gasteiger partial charge in [-0.3, -0.25) is 4.99 Å². The van der Waals surface area contributed by atoms with E-state index in [0.717, 1.165) is 25.9 Å². The molecule has 1 unspecified atom stereocenters. The highest BCUT2D eigenvalue weighted by atomic mass is 16.7. The highest BCUT2D eigenvalue weighted by Crippen LogP contribution is 2.36. The summed E-state index contributed by atoms with van der Waals surface area (Å²) >= 11 is 0. The number of rotatable bonds is 4. The number of hydrogen-bond acceptors (Lipinski definition) is 3. The van der Waals surface area contributed by atoms with Gasteiger partial charge in [0, 0.05) is 25.9 Å². The van der Waals surface area contributed by atoms with E-state index >= 15 is 0 Å². The van der Waals surface area contributed by atoms with Gasteiger partial charge in [-0.2, -0.15) is 0 Å². The maximum Gasteiger partial charge on any atom is 0.191 e. The summed E-state index contributed by atoms with van der Waals surface area (Å²) in [5.41, 5.74) is 5.99. The van der Waals surface area contributed by atoms with E-state index in [1.54, 1.807) is 0 Å². The van der Waals surface area contributed by atoms with Gasteiger partial charge in [-0.25, -0.2) is 0 Å². The van der Waals surface area contributed by atoms with Crippen molar-refractivity contribution < 1.29 is 9.47 Å². The standard InChI is InChI=1S/C15H29N3O2/c1-3-18(4-2)14(16)17-11-13-12-19-15(20-13)9-7-5-6-8-10-15/h13H,3-12H2,1-2H3,(H2,16,17). The van der Waals surface area contributed by atoms with E-state index in [0.29, 0.717) is 19.1 Å². The normalized spacial score (nSPS) is 26.7. The first-order valence-electron chi connectivity index (χ1n) is 8.06. The molecule has 20 heavy (non-hydrogen) atoms. The lowest BCUT2D eigenvalue weighted by Crippen LogP contribution is -2.38. The molecule has 0 bridgehead atoms. The van der Waals surface area contributed by atoms with Crippen LogP contribution in [-0.4, -0.2) is 49.0 Å². The van der Waals surface area contributed by atoms with Crippen molar-refractivity contribution in [3.63, 3.8) is 0 Å². The topological polar surface area (TPSA) is 60.1 Å². The van der Waals surface area contributed by atoms with Gasteiger partial charge in [0.1, 0.15) is 6.10 Å². The molecule has 1 saturated heterocycles. The van der Waals surface area contributed by atoms with Gasteiger partial charge in [-0.15, -0.1) is 0 Å². The van der Waals surface area contributed by atoms with Crippen LogP contribution in [0, 0.1) is 0 Å². The zero-order valence-corrected chi connectivity index (χ0v) is 12.9. The third kappa shape index (κ3) is 3.85. The molecular formula is C15H29N3O2. The van der Waals surface area contributed by atoms with E-state index < -0.39 is 0 Å². The third-order valence-electron chi connectivity index (χ3n) is 4.32. The smallest absolute Gasteiger partial charge is 0.191 e. The Hall–Kier alpha value is -0.810. The zero-order chi connectivity index (χ0) is 14.4. The van der Waals surface area contributed by atoms with Crippen molar-refractivity contribution in [2.24, 2.45) is 10.7 Å². The summed E-state index contributed by atoms with van der Waals surface area (Å²) < 4.78 is 12.1. The number of ether oxygens (including phenoxy) is 2. The molecule has 5 nitrogen and oxygen atoms in total. The minimum absolute atomic E-state index is 0.0576. The molecule has 1 aliphatic heterocycles. The minimum atomic E-state index is -0.319. The molecular weight excluding hydrogens is 254 g/mol. The maximum absolute atomic E-state index is 6.16. The van der Waals surface area contributed by atoms with Crippen LogP contribution in [0.2, 0.25) is 0 Å². The maximum atomic E-state index is 6.16. The van der Waals surface area contributed by atoms with Crippen molar-refractivity contribution in [1.29, 1.82) is 0 Å². The predicted octanol–water partition coefficient (Wildman–Crippen LogP) is 2.11. The van der Waals surface area contributed by atoms with Gasteiger partial charge >= 0.3 is 0 Å². The van der Waals surface area contributed by atoms with E-state index in [4.69, 9.17) is 15.2 Å². The lowest BCUT2D eigenvalue weighted by atomic mass is 10.1. The van der Waals surface area contributed by atoms with Crippen molar-refractivity contribution in [2.75, 3.05) is 26.2 Å². The van der Waals surface area contributed by atoms with Crippen LogP contribution in [0.25, 0.3) is 0 Å². The molecule has 2 aliphatic rings. The van der Waals surface area contributed by atoms with Crippen LogP contribution in [0.1, 0.15) is 52.4 Å². The molecule has 0 radical (unpaired) electrons. The van der Waals surface area contributed by atoms with Crippen molar-refractivity contribution in [3.05, 3.63) is 0 Å². The van der Waals surface area contributed by atoms with Crippen LogP contribution in [-0.2, 0) is 9.47 Å². The van der Waals surface area contributed by atoms with Crippen LogP contribution in [0.5, 0.6) is 0 Å². The Kier molecular flexibility index (Phi) is 5.66. The Bertz CT molecular complexity index is 321. The van der Waals surface area contributed by atoms with Crippen molar-refractivity contribution in [1.82, 2.24) is 4.90 Å². The van der Waals surface area contributed by atoms with Gasteiger partial charge < -0.3 is 20.1 Å². The second-order valence-electron chi connectivity index (χ2n) is 5.75. The minimum Gasteiger partial charge on any atom is -0.370 e. The summed E-state index contributed by atoms with van der Waals surface area (Å²) in [7, 11) is 0. The Labute approximate surface area is 122 Å². The lowest BCUT2D eigenvalue weighted by Gasteiger charge is -2.26. The summed E-state index contributed by atoms with van der Waals surface area (Å²) in [6.45, 7) is 7.19. The fourth-order valence-electron chi connectivity index (χ4n) is 3.08. The third-order valence-corrected chi connectivity index (χ3v) is 4.32. The molecule has 116 valence electrons. The second-order valence-corrected chi connectivity index (χ2v) is 5.75. The van der Waals surface area contributed by atoms with Gasteiger partial charge in [0.15, 0.2) is 11.7 Å². The first-order chi connectivity index (χ1) is 9.69. The summed E-state index contributed by atoms with van der Waals surface area (Å²) in [6.07, 6.45) is 7.12. The highest BCUT2D eigenvalue weighted by molar-refractivity contribution is 5.78. The van der Waals surface area contributed by atoms with Crippen LogP contribution in [0.4, 0.5) is 0 Å². The summed E-state index contributed by atoms with van der Waals surface area (Å²) in [4.78, 5) is 6.52. The average Bonchev–Trinajstić information content (AvgIpc) is 2.70. The number of nitrogens with zero attached hydrogens (tertiary/aromatic N) is 2. The number of hydrogen-bond donors (Lipinski definition) is 1. The molecule has 1 atom stereocenters. The molecule has 0 aromatic rings. The number of nitrogens with two attached hydrogens (primary N) is 1. The van der Waals surface area contributed by atoms with E-state index in [2.05, 4.69) is 23.7 Å². The van der Waals surface area contributed by atoms with Gasteiger partial charge in [0.25, 0.3) is 0 Å². The zero-order valence-electron chi connectivity index (χ0n) is 12.9. The monoisotopic (exact) mass is 283 g/mol. The van der Waals surface area contributed by atoms with Crippen LogP contribution >= 0.6 is 0 Å². The van der Waals surface area contributed by atoms with Gasteiger partial charge in [-0.1, -0.05) is 12.8 Å². The van der Waals surface area contributed by atoms with E-state index in [1.165, 1.54) is 25.7 Å². The molecule has 0 aromatic heterocycles. The molecule has 2 rings (SSSR count). The van der Waals surface area contributed by atoms with Gasteiger partial charge in [-0.05, 0) is 26.7 Å². The Balaban J connectivity index is 1.85. The van der Waals surface area contributed by atoms with Crippen LogP contribution in [0.3, 0.4) is 0 Å². The van der Waals surface area contributed by atoms with Crippen LogP contribution < -0.4 is 5.73 Å². The second kappa shape index (κ2) is 7.27.